The first-order valence-corrected chi connectivity index (χ1v) is 6.70. The Morgan fingerprint density at radius 2 is 2.00 bits per heavy atom. The summed E-state index contributed by atoms with van der Waals surface area (Å²) in [5, 5.41) is 0. The summed E-state index contributed by atoms with van der Waals surface area (Å²) in [4.78, 5) is 15.8. The van der Waals surface area contributed by atoms with Crippen LogP contribution >= 0.6 is 0 Å². The van der Waals surface area contributed by atoms with Crippen molar-refractivity contribution in [1.82, 2.24) is 4.98 Å². The quantitative estimate of drug-likeness (QED) is 0.798. The van der Waals surface area contributed by atoms with Crippen molar-refractivity contribution >= 4 is 5.97 Å². The molecular weight excluding hydrogens is 250 g/mol. The molecule has 0 spiro atoms. The molecule has 3 nitrogen and oxygen atoms in total. The number of aromatic nitrogens is 1. The average molecular weight is 269 g/mol. The second-order valence-electron chi connectivity index (χ2n) is 4.98. The number of rotatable bonds is 4. The Morgan fingerprint density at radius 3 is 2.60 bits per heavy atom. The third kappa shape index (κ3) is 3.23. The number of carbonyl (C=O) groups is 1. The molecule has 1 aromatic carbocycles. The van der Waals surface area contributed by atoms with Crippen molar-refractivity contribution in [2.75, 3.05) is 7.11 Å². The van der Waals surface area contributed by atoms with Crippen molar-refractivity contribution in [3.05, 3.63) is 53.9 Å². The SMILES string of the molecule is COC(=O)[C@@H](C)Cc1ccc(-c2ccccc2C)cn1. The Bertz CT molecular complexity index is 590. The van der Waals surface area contributed by atoms with Gasteiger partial charge in [-0.2, -0.15) is 0 Å². The van der Waals surface area contributed by atoms with E-state index < -0.39 is 0 Å². The molecule has 0 bridgehead atoms. The number of carbonyl (C=O) groups excluding carboxylic acids is 1. The molecule has 0 saturated carbocycles. The van der Waals surface area contributed by atoms with Crippen LogP contribution in [0, 0.1) is 12.8 Å². The molecule has 3 heteroatoms. The summed E-state index contributed by atoms with van der Waals surface area (Å²) >= 11 is 0. The Labute approximate surface area is 119 Å². The van der Waals surface area contributed by atoms with Gasteiger partial charge in [-0.3, -0.25) is 9.78 Å². The lowest BCUT2D eigenvalue weighted by Gasteiger charge is -2.09. The first-order valence-electron chi connectivity index (χ1n) is 6.70. The normalized spacial score (nSPS) is 11.9. The minimum Gasteiger partial charge on any atom is -0.469 e. The maximum atomic E-state index is 11.4. The van der Waals surface area contributed by atoms with Crippen molar-refractivity contribution in [3.8, 4) is 11.1 Å². The lowest BCUT2D eigenvalue weighted by molar-refractivity contribution is -0.144. The largest absolute Gasteiger partial charge is 0.469 e. The van der Waals surface area contributed by atoms with Gasteiger partial charge in [0.1, 0.15) is 0 Å². The number of pyridine rings is 1. The number of aryl methyl sites for hydroxylation is 1. The third-order valence-corrected chi connectivity index (χ3v) is 3.40. The summed E-state index contributed by atoms with van der Waals surface area (Å²) < 4.78 is 4.73. The molecule has 2 aromatic rings. The summed E-state index contributed by atoms with van der Waals surface area (Å²) in [7, 11) is 1.41. The van der Waals surface area contributed by atoms with Crippen LogP contribution in [0.3, 0.4) is 0 Å². The van der Waals surface area contributed by atoms with Gasteiger partial charge in [-0.15, -0.1) is 0 Å². The highest BCUT2D eigenvalue weighted by molar-refractivity contribution is 5.72. The van der Waals surface area contributed by atoms with E-state index in [9.17, 15) is 4.79 Å². The molecule has 0 radical (unpaired) electrons. The van der Waals surface area contributed by atoms with Crippen molar-refractivity contribution in [2.45, 2.75) is 20.3 Å². The highest BCUT2D eigenvalue weighted by Gasteiger charge is 2.14. The topological polar surface area (TPSA) is 39.2 Å². The van der Waals surface area contributed by atoms with Gasteiger partial charge in [-0.05, 0) is 24.1 Å². The predicted octanol–water partition coefficient (Wildman–Crippen LogP) is 3.41. The fourth-order valence-electron chi connectivity index (χ4n) is 2.20. The van der Waals surface area contributed by atoms with Crippen LogP contribution in [0.15, 0.2) is 42.6 Å². The van der Waals surface area contributed by atoms with Crippen LogP contribution in [0.5, 0.6) is 0 Å². The number of hydrogen-bond acceptors (Lipinski definition) is 3. The van der Waals surface area contributed by atoms with Gasteiger partial charge in [-0.25, -0.2) is 0 Å². The van der Waals surface area contributed by atoms with E-state index in [0.29, 0.717) is 6.42 Å². The second kappa shape index (κ2) is 6.33. The Morgan fingerprint density at radius 1 is 1.25 bits per heavy atom. The number of ether oxygens (including phenoxy) is 1. The number of hydrogen-bond donors (Lipinski definition) is 0. The van der Waals surface area contributed by atoms with Gasteiger partial charge in [-0.1, -0.05) is 37.3 Å². The number of esters is 1. The van der Waals surface area contributed by atoms with Gasteiger partial charge in [0.15, 0.2) is 0 Å². The van der Waals surface area contributed by atoms with E-state index in [1.807, 2.05) is 31.3 Å². The van der Waals surface area contributed by atoms with E-state index in [1.165, 1.54) is 18.2 Å². The number of methoxy groups -OCH3 is 1. The van der Waals surface area contributed by atoms with Crippen molar-refractivity contribution < 1.29 is 9.53 Å². The summed E-state index contributed by atoms with van der Waals surface area (Å²) in [6, 6.07) is 12.2. The molecule has 0 aliphatic carbocycles. The van der Waals surface area contributed by atoms with E-state index >= 15 is 0 Å². The van der Waals surface area contributed by atoms with Crippen LogP contribution in [0.2, 0.25) is 0 Å². The van der Waals surface area contributed by atoms with Gasteiger partial charge in [0.25, 0.3) is 0 Å². The minimum atomic E-state index is -0.199. The maximum absolute atomic E-state index is 11.4. The zero-order chi connectivity index (χ0) is 14.5. The Kier molecular flexibility index (Phi) is 4.51. The fourth-order valence-corrected chi connectivity index (χ4v) is 2.20. The first-order chi connectivity index (χ1) is 9.61. The van der Waals surface area contributed by atoms with Crippen molar-refractivity contribution in [3.63, 3.8) is 0 Å². The molecule has 0 amide bonds. The maximum Gasteiger partial charge on any atom is 0.308 e. The highest BCUT2D eigenvalue weighted by atomic mass is 16.5. The van der Waals surface area contributed by atoms with E-state index in [2.05, 4.69) is 30.1 Å². The zero-order valence-corrected chi connectivity index (χ0v) is 12.1. The molecule has 0 aliphatic heterocycles. The number of benzene rings is 1. The molecule has 0 fully saturated rings. The van der Waals surface area contributed by atoms with Crippen LogP contribution in [0.4, 0.5) is 0 Å². The van der Waals surface area contributed by atoms with Crippen LogP contribution < -0.4 is 0 Å². The van der Waals surface area contributed by atoms with Gasteiger partial charge in [0.05, 0.1) is 13.0 Å². The molecule has 1 aromatic heterocycles. The van der Waals surface area contributed by atoms with Gasteiger partial charge in [0, 0.05) is 23.9 Å². The second-order valence-corrected chi connectivity index (χ2v) is 4.98. The smallest absolute Gasteiger partial charge is 0.308 e. The summed E-state index contributed by atoms with van der Waals surface area (Å²) in [6.45, 7) is 3.94. The van der Waals surface area contributed by atoms with Gasteiger partial charge < -0.3 is 4.74 Å². The summed E-state index contributed by atoms with van der Waals surface area (Å²) in [5.74, 6) is -0.369. The molecule has 1 atom stereocenters. The molecule has 0 unspecified atom stereocenters. The standard InChI is InChI=1S/C17H19NO2/c1-12-6-4-5-7-16(12)14-8-9-15(18-11-14)10-13(2)17(19)20-3/h4-9,11,13H,10H2,1-3H3/t13-/m0/s1. The van der Waals surface area contributed by atoms with Gasteiger partial charge in [0.2, 0.25) is 0 Å². The molecule has 104 valence electrons. The first kappa shape index (κ1) is 14.3. The lowest BCUT2D eigenvalue weighted by Crippen LogP contribution is -2.15. The highest BCUT2D eigenvalue weighted by Crippen LogP contribution is 2.22. The fraction of sp³-hybridized carbons (Fsp3) is 0.294. The molecule has 0 aliphatic rings. The van der Waals surface area contributed by atoms with E-state index in [-0.39, 0.29) is 11.9 Å². The van der Waals surface area contributed by atoms with Crippen LogP contribution in [-0.4, -0.2) is 18.1 Å². The average Bonchev–Trinajstić information content (AvgIpc) is 2.48. The van der Waals surface area contributed by atoms with E-state index in [0.717, 1.165) is 11.3 Å². The molecule has 20 heavy (non-hydrogen) atoms. The summed E-state index contributed by atoms with van der Waals surface area (Å²) in [6.07, 6.45) is 2.46. The predicted molar refractivity (Wildman–Crippen MR) is 79.3 cm³/mol. The van der Waals surface area contributed by atoms with E-state index in [1.54, 1.807) is 0 Å². The third-order valence-electron chi connectivity index (χ3n) is 3.40. The van der Waals surface area contributed by atoms with E-state index in [4.69, 9.17) is 4.74 Å². The summed E-state index contributed by atoms with van der Waals surface area (Å²) in [5.41, 5.74) is 4.41. The molecule has 0 N–H and O–H groups in total. The lowest BCUT2D eigenvalue weighted by atomic mass is 10.0. The van der Waals surface area contributed by atoms with Crippen LogP contribution in [0.1, 0.15) is 18.2 Å². The monoisotopic (exact) mass is 269 g/mol. The van der Waals surface area contributed by atoms with Crippen LogP contribution in [-0.2, 0) is 16.0 Å². The Hall–Kier alpha value is -2.16. The Balaban J connectivity index is 2.15. The van der Waals surface area contributed by atoms with Crippen LogP contribution in [0.25, 0.3) is 11.1 Å². The molecule has 1 heterocycles. The zero-order valence-electron chi connectivity index (χ0n) is 12.1. The molecule has 0 saturated heterocycles. The molecular formula is C17H19NO2. The van der Waals surface area contributed by atoms with Gasteiger partial charge >= 0.3 is 5.97 Å². The molecule has 2 rings (SSSR count). The minimum absolute atomic E-state index is 0.170. The number of nitrogens with zero attached hydrogens (tertiary/aromatic N) is 1. The van der Waals surface area contributed by atoms with Crippen molar-refractivity contribution in [1.29, 1.82) is 0 Å². The van der Waals surface area contributed by atoms with Crippen molar-refractivity contribution in [2.24, 2.45) is 5.92 Å².